The summed E-state index contributed by atoms with van der Waals surface area (Å²) in [6, 6.07) is 1.55. The largest absolute Gasteiger partial charge is 0.299 e. The standard InChI is InChI=1S/C5H2BrClIN3O/c6-2-1-3(7)10-11-4(2)9-5(8)12/h1H,(H,9,11,12). The van der Waals surface area contributed by atoms with Crippen molar-refractivity contribution in [3.05, 3.63) is 15.7 Å². The summed E-state index contributed by atoms with van der Waals surface area (Å²) in [4.78, 5) is 10.6. The van der Waals surface area contributed by atoms with E-state index in [0.29, 0.717) is 10.3 Å². The Morgan fingerprint density at radius 2 is 2.33 bits per heavy atom. The Morgan fingerprint density at radius 1 is 1.67 bits per heavy atom. The predicted octanol–water partition coefficient (Wildman–Crippen LogP) is 2.86. The third-order valence-electron chi connectivity index (χ3n) is 0.934. The van der Waals surface area contributed by atoms with Crippen LogP contribution in [0.25, 0.3) is 0 Å². The first-order chi connectivity index (χ1) is 5.59. The van der Waals surface area contributed by atoms with Gasteiger partial charge in [0, 0.05) is 22.6 Å². The topological polar surface area (TPSA) is 54.9 Å². The Bertz CT molecular complexity index is 322. The number of aromatic nitrogens is 2. The first kappa shape index (κ1) is 10.1. The molecule has 0 aromatic carbocycles. The van der Waals surface area contributed by atoms with Gasteiger partial charge in [-0.05, 0) is 22.0 Å². The first-order valence-corrected chi connectivity index (χ1v) is 5.00. The maximum atomic E-state index is 10.6. The minimum absolute atomic E-state index is 0.232. The van der Waals surface area contributed by atoms with Crippen molar-refractivity contribution in [1.29, 1.82) is 0 Å². The fourth-order valence-electron chi connectivity index (χ4n) is 0.525. The van der Waals surface area contributed by atoms with Gasteiger partial charge in [0.1, 0.15) is 0 Å². The molecular weight excluding hydrogens is 360 g/mol. The highest BCUT2D eigenvalue weighted by molar-refractivity contribution is 14.1. The van der Waals surface area contributed by atoms with Crippen molar-refractivity contribution < 1.29 is 4.79 Å². The maximum Gasteiger partial charge on any atom is 0.286 e. The molecule has 1 heterocycles. The van der Waals surface area contributed by atoms with E-state index in [2.05, 4.69) is 31.4 Å². The molecular formula is C5H2BrClIN3O. The van der Waals surface area contributed by atoms with E-state index in [9.17, 15) is 4.79 Å². The zero-order valence-corrected chi connectivity index (χ0v) is 10.0. The van der Waals surface area contributed by atoms with Gasteiger partial charge in [0.25, 0.3) is 3.91 Å². The molecule has 64 valence electrons. The molecule has 12 heavy (non-hydrogen) atoms. The van der Waals surface area contributed by atoms with Crippen LogP contribution >= 0.6 is 50.1 Å². The monoisotopic (exact) mass is 361 g/mol. The number of rotatable bonds is 1. The molecule has 0 bridgehead atoms. The highest BCUT2D eigenvalue weighted by Gasteiger charge is 2.04. The van der Waals surface area contributed by atoms with Crippen molar-refractivity contribution in [2.24, 2.45) is 0 Å². The number of hydrogen-bond donors (Lipinski definition) is 1. The quantitative estimate of drug-likeness (QED) is 0.475. The van der Waals surface area contributed by atoms with Crippen LogP contribution in [0.5, 0.6) is 0 Å². The fourth-order valence-corrected chi connectivity index (χ4v) is 1.45. The molecule has 0 saturated carbocycles. The van der Waals surface area contributed by atoms with E-state index in [-0.39, 0.29) is 9.07 Å². The van der Waals surface area contributed by atoms with E-state index in [4.69, 9.17) is 11.6 Å². The molecule has 0 aliphatic rings. The molecule has 1 aromatic heterocycles. The van der Waals surface area contributed by atoms with E-state index in [0.717, 1.165) is 0 Å². The van der Waals surface area contributed by atoms with Crippen molar-refractivity contribution in [3.63, 3.8) is 0 Å². The van der Waals surface area contributed by atoms with Crippen molar-refractivity contribution in [1.82, 2.24) is 10.2 Å². The number of carbonyl (C=O) groups excluding carboxylic acids is 1. The first-order valence-electron chi connectivity index (χ1n) is 2.75. The summed E-state index contributed by atoms with van der Waals surface area (Å²) in [5.41, 5.74) is 0. The molecule has 0 saturated heterocycles. The summed E-state index contributed by atoms with van der Waals surface area (Å²) in [6.45, 7) is 0. The maximum absolute atomic E-state index is 10.6. The van der Waals surface area contributed by atoms with Gasteiger partial charge in [-0.2, -0.15) is 0 Å². The second-order valence-corrected chi connectivity index (χ2v) is 3.98. The normalized spacial score (nSPS) is 9.58. The molecule has 1 aromatic rings. The number of carbonyl (C=O) groups is 1. The van der Waals surface area contributed by atoms with Crippen molar-refractivity contribution >= 4 is 59.9 Å². The van der Waals surface area contributed by atoms with Crippen molar-refractivity contribution in [2.45, 2.75) is 0 Å². The predicted molar refractivity (Wildman–Crippen MR) is 57.8 cm³/mol. The highest BCUT2D eigenvalue weighted by Crippen LogP contribution is 2.21. The van der Waals surface area contributed by atoms with E-state index >= 15 is 0 Å². The number of nitrogens with one attached hydrogen (secondary N) is 1. The van der Waals surface area contributed by atoms with Gasteiger partial charge in [-0.1, -0.05) is 11.6 Å². The van der Waals surface area contributed by atoms with Crippen LogP contribution in [0.4, 0.5) is 10.6 Å². The van der Waals surface area contributed by atoms with Crippen molar-refractivity contribution in [3.8, 4) is 0 Å². The van der Waals surface area contributed by atoms with Gasteiger partial charge in [-0.15, -0.1) is 10.2 Å². The van der Waals surface area contributed by atoms with Crippen LogP contribution in [0.3, 0.4) is 0 Å². The van der Waals surface area contributed by atoms with Crippen LogP contribution in [-0.4, -0.2) is 14.1 Å². The van der Waals surface area contributed by atoms with Gasteiger partial charge in [0.05, 0.1) is 4.47 Å². The molecule has 0 fully saturated rings. The number of hydrogen-bond acceptors (Lipinski definition) is 3. The van der Waals surface area contributed by atoms with Gasteiger partial charge >= 0.3 is 0 Å². The summed E-state index contributed by atoms with van der Waals surface area (Å²) < 4.78 is 0.373. The average Bonchev–Trinajstić information content (AvgIpc) is 1.94. The minimum Gasteiger partial charge on any atom is -0.299 e. The van der Waals surface area contributed by atoms with E-state index in [1.807, 2.05) is 0 Å². The number of anilines is 1. The smallest absolute Gasteiger partial charge is 0.286 e. The van der Waals surface area contributed by atoms with Gasteiger partial charge in [-0.3, -0.25) is 10.1 Å². The Labute approximate surface area is 95.3 Å². The lowest BCUT2D eigenvalue weighted by Gasteiger charge is -2.00. The van der Waals surface area contributed by atoms with Gasteiger partial charge in [-0.25, -0.2) is 0 Å². The van der Waals surface area contributed by atoms with Crippen LogP contribution in [-0.2, 0) is 0 Å². The molecule has 0 aliphatic carbocycles. The Kier molecular flexibility index (Phi) is 3.66. The number of halogens is 3. The molecule has 0 unspecified atom stereocenters. The molecule has 0 spiro atoms. The van der Waals surface area contributed by atoms with E-state index in [1.165, 1.54) is 0 Å². The van der Waals surface area contributed by atoms with Crippen LogP contribution in [0.1, 0.15) is 0 Å². The molecule has 4 nitrogen and oxygen atoms in total. The second-order valence-electron chi connectivity index (χ2n) is 1.76. The summed E-state index contributed by atoms with van der Waals surface area (Å²) >= 11 is 10.3. The van der Waals surface area contributed by atoms with Gasteiger partial charge < -0.3 is 0 Å². The lowest BCUT2D eigenvalue weighted by atomic mass is 10.5. The fraction of sp³-hybridized carbons (Fsp3) is 0. The van der Waals surface area contributed by atoms with Crippen LogP contribution in [0.15, 0.2) is 10.5 Å². The van der Waals surface area contributed by atoms with E-state index < -0.39 is 0 Å². The molecule has 1 N–H and O–H groups in total. The van der Waals surface area contributed by atoms with Crippen LogP contribution in [0.2, 0.25) is 5.15 Å². The van der Waals surface area contributed by atoms with Crippen molar-refractivity contribution in [2.75, 3.05) is 5.32 Å². The number of nitrogens with zero attached hydrogens (tertiary/aromatic N) is 2. The molecule has 0 radical (unpaired) electrons. The van der Waals surface area contributed by atoms with Gasteiger partial charge in [0.15, 0.2) is 11.0 Å². The molecule has 1 amide bonds. The zero-order chi connectivity index (χ0) is 9.14. The Morgan fingerprint density at radius 3 is 2.83 bits per heavy atom. The average molecular weight is 362 g/mol. The zero-order valence-electron chi connectivity index (χ0n) is 5.51. The summed E-state index contributed by atoms with van der Waals surface area (Å²) in [6.07, 6.45) is 0. The Balaban J connectivity index is 2.93. The summed E-state index contributed by atoms with van der Waals surface area (Å²) in [7, 11) is 0. The third-order valence-corrected chi connectivity index (χ3v) is 1.99. The van der Waals surface area contributed by atoms with Gasteiger partial charge in [0.2, 0.25) is 0 Å². The SMILES string of the molecule is O=C(I)Nc1nnc(Cl)cc1Br. The lowest BCUT2D eigenvalue weighted by molar-refractivity contribution is 0.271. The van der Waals surface area contributed by atoms with Crippen LogP contribution < -0.4 is 5.32 Å². The summed E-state index contributed by atoms with van der Waals surface area (Å²) in [5, 5.41) is 9.95. The molecule has 7 heteroatoms. The number of amides is 1. The molecule has 0 aliphatic heterocycles. The minimum atomic E-state index is -0.232. The second kappa shape index (κ2) is 4.33. The summed E-state index contributed by atoms with van der Waals surface area (Å²) in [5.74, 6) is 0.360. The lowest BCUT2D eigenvalue weighted by Crippen LogP contribution is -2.04. The molecule has 1 rings (SSSR count). The Hall–Kier alpha value is 0.0500. The third kappa shape index (κ3) is 2.83. The molecule has 0 atom stereocenters. The highest BCUT2D eigenvalue weighted by atomic mass is 127. The van der Waals surface area contributed by atoms with E-state index in [1.54, 1.807) is 28.7 Å². The van der Waals surface area contributed by atoms with Crippen LogP contribution in [0, 0.1) is 0 Å².